The molecule has 230 valence electrons. The van der Waals surface area contributed by atoms with Gasteiger partial charge in [-0.2, -0.15) is 5.10 Å². The second-order valence-corrected chi connectivity index (χ2v) is 11.5. The number of furan rings is 1. The van der Waals surface area contributed by atoms with Gasteiger partial charge in [-0.25, -0.2) is 5.43 Å². The topological polar surface area (TPSA) is 226 Å². The van der Waals surface area contributed by atoms with Crippen LogP contribution >= 0.6 is 15.9 Å². The Balaban J connectivity index is 1.41. The summed E-state index contributed by atoms with van der Waals surface area (Å²) >= 11 is 3.09. The SMILES string of the molecule is COc1cc(=O)c2c(=O)c3c(c(=O)c=2c1=O)=C(O)[C@]1(CCc2cc4cc(C=NNC(=O)c5ccc(Br)o5)[nH]c(=O)c4c(O)c21)C=3O. The van der Waals surface area contributed by atoms with Gasteiger partial charge in [-0.3, -0.25) is 28.8 Å². The zero-order valence-electron chi connectivity index (χ0n) is 23.3. The number of nitrogens with one attached hydrogen (secondary N) is 2. The Morgan fingerprint density at radius 2 is 1.70 bits per heavy atom. The zero-order chi connectivity index (χ0) is 32.8. The number of nitrogens with zero attached hydrogens (tertiary/aromatic N) is 1. The van der Waals surface area contributed by atoms with E-state index >= 15 is 0 Å². The molecule has 0 bridgehead atoms. The molecule has 1 atom stereocenters. The minimum atomic E-state index is -2.01. The van der Waals surface area contributed by atoms with Crippen molar-refractivity contribution in [2.45, 2.75) is 18.3 Å². The Labute approximate surface area is 261 Å². The summed E-state index contributed by atoms with van der Waals surface area (Å²) in [6.45, 7) is 0. The maximum Gasteiger partial charge on any atom is 0.307 e. The molecule has 15 heteroatoms. The molecule has 3 aromatic rings. The highest BCUT2D eigenvalue weighted by molar-refractivity contribution is 9.10. The molecule has 1 aromatic carbocycles. The third-order valence-corrected chi connectivity index (χ3v) is 8.87. The predicted octanol–water partition coefficient (Wildman–Crippen LogP) is -0.367. The number of aromatic amines is 1. The second-order valence-electron chi connectivity index (χ2n) is 10.7. The van der Waals surface area contributed by atoms with Gasteiger partial charge in [0.1, 0.15) is 22.7 Å². The average Bonchev–Trinajstić information content (AvgIpc) is 3.68. The molecule has 0 radical (unpaired) electrons. The Morgan fingerprint density at radius 1 is 1.00 bits per heavy atom. The van der Waals surface area contributed by atoms with Crippen molar-refractivity contribution in [1.29, 1.82) is 0 Å². The second kappa shape index (κ2) is 9.84. The van der Waals surface area contributed by atoms with Crippen molar-refractivity contribution >= 4 is 50.3 Å². The van der Waals surface area contributed by atoms with E-state index in [9.17, 15) is 44.1 Å². The van der Waals surface area contributed by atoms with Gasteiger partial charge in [0.15, 0.2) is 21.6 Å². The van der Waals surface area contributed by atoms with Gasteiger partial charge in [0.2, 0.25) is 16.3 Å². The number of H-pyrrole nitrogens is 1. The van der Waals surface area contributed by atoms with Gasteiger partial charge in [0, 0.05) is 11.6 Å². The summed E-state index contributed by atoms with van der Waals surface area (Å²) in [4.78, 5) is 80.8. The number of phenolic OH excluding ortho intramolecular Hbond substituents is 1. The van der Waals surface area contributed by atoms with Crippen LogP contribution in [-0.4, -0.2) is 39.5 Å². The molecule has 0 saturated carbocycles. The van der Waals surface area contributed by atoms with E-state index in [2.05, 4.69) is 31.4 Å². The summed E-state index contributed by atoms with van der Waals surface area (Å²) in [5.74, 6) is -3.35. The number of amides is 1. The molecule has 4 aliphatic rings. The van der Waals surface area contributed by atoms with Crippen LogP contribution in [0.25, 0.3) is 22.3 Å². The van der Waals surface area contributed by atoms with E-state index in [0.29, 0.717) is 10.2 Å². The first kappa shape index (κ1) is 28.9. The molecule has 0 saturated heterocycles. The van der Waals surface area contributed by atoms with Crippen molar-refractivity contribution < 1.29 is 29.3 Å². The molecule has 1 spiro atoms. The van der Waals surface area contributed by atoms with E-state index < -0.39 is 82.5 Å². The fraction of sp³-hybridized carbons (Fsp3) is 0.129. The Kier molecular flexibility index (Phi) is 6.18. The zero-order valence-corrected chi connectivity index (χ0v) is 24.9. The molecular weight excluding hydrogens is 670 g/mol. The third-order valence-electron chi connectivity index (χ3n) is 8.44. The first-order chi connectivity index (χ1) is 21.9. The Morgan fingerprint density at radius 3 is 2.35 bits per heavy atom. The summed E-state index contributed by atoms with van der Waals surface area (Å²) in [6.07, 6.45) is 1.14. The lowest BCUT2D eigenvalue weighted by Crippen LogP contribution is -2.51. The van der Waals surface area contributed by atoms with Gasteiger partial charge in [0.25, 0.3) is 5.56 Å². The maximum atomic E-state index is 13.6. The molecule has 0 fully saturated rings. The summed E-state index contributed by atoms with van der Waals surface area (Å²) in [5, 5.41) is 35.6. The number of aliphatic hydroxyl groups is 2. The normalized spacial score (nSPS) is 17.0. The standard InChI is InChI=1S/C31H18BrN3O11/c1-45-15-8-13(36)18-19(23(15)37)25(39)21-20(24(18)38)27(41)31(28(21)42)5-4-10-6-11-7-12(34-30(44)17(11)26(40)22(10)31)9-33-35-29(43)14-2-3-16(32)46-14/h2-3,6-9,40-42H,4-5H2,1H3,(H,34,44)(H,35,43)/t31-/m0/s1. The smallest absolute Gasteiger partial charge is 0.307 e. The fourth-order valence-corrected chi connectivity index (χ4v) is 6.80. The number of aliphatic hydroxyl groups excluding tert-OH is 2. The molecule has 2 aromatic heterocycles. The molecule has 7 rings (SSSR count). The Hall–Kier alpha value is -5.83. The molecular formula is C31H18BrN3O11. The molecule has 2 heterocycles. The number of aromatic hydroxyl groups is 1. The first-order valence-corrected chi connectivity index (χ1v) is 14.3. The number of methoxy groups -OCH3 is 1. The highest BCUT2D eigenvalue weighted by atomic mass is 79.9. The number of carbonyl (C=O) groups is 1. The van der Waals surface area contributed by atoms with Crippen molar-refractivity contribution in [2.24, 2.45) is 5.10 Å². The van der Waals surface area contributed by atoms with Crippen LogP contribution in [0.1, 0.15) is 33.8 Å². The lowest BCUT2D eigenvalue weighted by Gasteiger charge is -2.27. The minimum absolute atomic E-state index is 0.0115. The molecule has 46 heavy (non-hydrogen) atoms. The van der Waals surface area contributed by atoms with E-state index in [-0.39, 0.29) is 40.6 Å². The lowest BCUT2D eigenvalue weighted by atomic mass is 9.78. The largest absolute Gasteiger partial charge is 0.510 e. The number of aryl methyl sites for hydroxylation is 1. The van der Waals surface area contributed by atoms with Crippen LogP contribution in [0.4, 0.5) is 0 Å². The number of benzene rings is 1. The van der Waals surface area contributed by atoms with Gasteiger partial charge in [0.05, 0.1) is 45.3 Å². The van der Waals surface area contributed by atoms with Crippen LogP contribution in [0, 0.1) is 10.4 Å². The number of ether oxygens (including phenoxy) is 1. The van der Waals surface area contributed by atoms with Crippen LogP contribution in [0.3, 0.4) is 0 Å². The van der Waals surface area contributed by atoms with Gasteiger partial charge in [-0.15, -0.1) is 0 Å². The molecule has 0 aliphatic heterocycles. The molecule has 5 N–H and O–H groups in total. The van der Waals surface area contributed by atoms with Crippen molar-refractivity contribution in [3.05, 3.63) is 130 Å². The average molecular weight is 688 g/mol. The van der Waals surface area contributed by atoms with Crippen LogP contribution in [-0.2, 0) is 11.8 Å². The summed E-state index contributed by atoms with van der Waals surface area (Å²) in [7, 11) is 1.11. The van der Waals surface area contributed by atoms with E-state index in [0.717, 1.165) is 19.4 Å². The highest BCUT2D eigenvalue weighted by Crippen LogP contribution is 2.54. The summed E-state index contributed by atoms with van der Waals surface area (Å²) < 4.78 is 10.4. The highest BCUT2D eigenvalue weighted by Gasteiger charge is 2.53. The van der Waals surface area contributed by atoms with Crippen molar-refractivity contribution in [3.63, 3.8) is 0 Å². The van der Waals surface area contributed by atoms with Crippen molar-refractivity contribution in [3.8, 4) is 11.5 Å². The molecule has 14 nitrogen and oxygen atoms in total. The number of fused-ring (bicyclic) bond motifs is 4. The predicted molar refractivity (Wildman–Crippen MR) is 165 cm³/mol. The van der Waals surface area contributed by atoms with Gasteiger partial charge in [-0.05, 0) is 57.9 Å². The summed E-state index contributed by atoms with van der Waals surface area (Å²) in [6, 6.07) is 6.72. The number of hydrogen-bond donors (Lipinski definition) is 5. The third kappa shape index (κ3) is 3.71. The van der Waals surface area contributed by atoms with E-state index in [1.54, 1.807) is 0 Å². The van der Waals surface area contributed by atoms with E-state index in [1.807, 2.05) is 0 Å². The van der Waals surface area contributed by atoms with Gasteiger partial charge >= 0.3 is 5.91 Å². The maximum absolute atomic E-state index is 13.6. The van der Waals surface area contributed by atoms with Crippen LogP contribution in [0.15, 0.2) is 68.5 Å². The number of rotatable bonds is 4. The van der Waals surface area contributed by atoms with Gasteiger partial charge < -0.3 is 29.5 Å². The number of hydrogen-bond acceptors (Lipinski definition) is 12. The Bertz CT molecular complexity index is 2740. The van der Waals surface area contributed by atoms with Crippen molar-refractivity contribution in [1.82, 2.24) is 10.4 Å². The van der Waals surface area contributed by atoms with E-state index in [1.165, 1.54) is 24.3 Å². The number of pyridine rings is 1. The monoisotopic (exact) mass is 687 g/mol. The van der Waals surface area contributed by atoms with E-state index in [4.69, 9.17) is 9.15 Å². The van der Waals surface area contributed by atoms with Crippen LogP contribution in [0.2, 0.25) is 0 Å². The number of aromatic nitrogens is 1. The number of phenols is 1. The summed E-state index contributed by atoms with van der Waals surface area (Å²) in [5.41, 5.74) is -4.45. The molecule has 1 amide bonds. The molecule has 4 aliphatic carbocycles. The number of hydrazone groups is 1. The fourth-order valence-electron chi connectivity index (χ4n) is 6.49. The quantitative estimate of drug-likeness (QED) is 0.121. The minimum Gasteiger partial charge on any atom is -0.510 e. The number of halogens is 1. The van der Waals surface area contributed by atoms with Crippen LogP contribution < -0.4 is 47.9 Å². The number of carbonyl (C=O) groups excluding carboxylic acids is 1. The first-order valence-electron chi connectivity index (χ1n) is 13.5. The molecule has 0 unspecified atom stereocenters. The van der Waals surface area contributed by atoms with Crippen molar-refractivity contribution in [2.75, 3.05) is 7.11 Å². The van der Waals surface area contributed by atoms with Gasteiger partial charge in [-0.1, -0.05) is 6.07 Å². The lowest BCUT2D eigenvalue weighted by molar-refractivity contribution is 0.0926. The van der Waals surface area contributed by atoms with Crippen LogP contribution in [0.5, 0.6) is 11.5 Å².